The average molecular weight is 279 g/mol. The van der Waals surface area contributed by atoms with E-state index in [4.69, 9.17) is 5.11 Å². The van der Waals surface area contributed by atoms with E-state index in [2.05, 4.69) is 5.32 Å². The fourth-order valence-corrected chi connectivity index (χ4v) is 3.70. The van der Waals surface area contributed by atoms with E-state index in [0.717, 1.165) is 12.3 Å². The Balaban J connectivity index is 1.85. The quantitative estimate of drug-likeness (QED) is 0.813. The van der Waals surface area contributed by atoms with Crippen LogP contribution in [-0.4, -0.2) is 29.8 Å². The van der Waals surface area contributed by atoms with E-state index >= 15 is 0 Å². The number of carboxylic acid groups (broad SMARTS) is 1. The Morgan fingerprint density at radius 3 is 2.47 bits per heavy atom. The zero-order chi connectivity index (χ0) is 14.2. The maximum absolute atomic E-state index is 12.5. The van der Waals surface area contributed by atoms with Gasteiger partial charge in [0.15, 0.2) is 5.92 Å². The molecule has 0 radical (unpaired) electrons. The molecule has 0 saturated heterocycles. The number of carboxylic acids is 1. The van der Waals surface area contributed by atoms with Crippen LogP contribution < -0.4 is 5.32 Å². The molecule has 2 fully saturated rings. The van der Waals surface area contributed by atoms with Gasteiger partial charge < -0.3 is 10.4 Å². The molecule has 2 saturated carbocycles. The lowest BCUT2D eigenvalue weighted by molar-refractivity contribution is -0.192. The monoisotopic (exact) mass is 279 g/mol. The van der Waals surface area contributed by atoms with Crippen LogP contribution in [0.3, 0.4) is 0 Å². The summed E-state index contributed by atoms with van der Waals surface area (Å²) in [6.07, 6.45) is -0.00862. The van der Waals surface area contributed by atoms with Crippen LogP contribution in [0.25, 0.3) is 0 Å². The van der Waals surface area contributed by atoms with Crippen molar-refractivity contribution in [2.75, 3.05) is 6.54 Å². The molecular formula is C13H20F3NO2. The van der Waals surface area contributed by atoms with Gasteiger partial charge in [0.1, 0.15) is 0 Å². The summed E-state index contributed by atoms with van der Waals surface area (Å²) in [7, 11) is 0. The maximum Gasteiger partial charge on any atom is 0.403 e. The van der Waals surface area contributed by atoms with Gasteiger partial charge in [-0.3, -0.25) is 4.79 Å². The third-order valence-corrected chi connectivity index (χ3v) is 4.77. The highest BCUT2D eigenvalue weighted by molar-refractivity contribution is 5.71. The van der Waals surface area contributed by atoms with Gasteiger partial charge in [-0.15, -0.1) is 0 Å². The number of halogens is 3. The fourth-order valence-electron chi connectivity index (χ4n) is 3.70. The first kappa shape index (κ1) is 14.6. The molecule has 5 atom stereocenters. The largest absolute Gasteiger partial charge is 0.481 e. The van der Waals surface area contributed by atoms with Gasteiger partial charge in [-0.05, 0) is 43.9 Å². The van der Waals surface area contributed by atoms with Crippen molar-refractivity contribution in [1.29, 1.82) is 0 Å². The summed E-state index contributed by atoms with van der Waals surface area (Å²) in [6.45, 7) is 1.34. The van der Waals surface area contributed by atoms with Crippen LogP contribution in [0.4, 0.5) is 13.2 Å². The van der Waals surface area contributed by atoms with E-state index in [1.165, 1.54) is 19.3 Å². The van der Waals surface area contributed by atoms with Crippen molar-refractivity contribution in [3.8, 4) is 0 Å². The zero-order valence-corrected chi connectivity index (χ0v) is 10.9. The van der Waals surface area contributed by atoms with Gasteiger partial charge in [0, 0.05) is 12.6 Å². The summed E-state index contributed by atoms with van der Waals surface area (Å²) >= 11 is 0. The minimum Gasteiger partial charge on any atom is -0.481 e. The van der Waals surface area contributed by atoms with Gasteiger partial charge in [0.25, 0.3) is 0 Å². The van der Waals surface area contributed by atoms with Gasteiger partial charge >= 0.3 is 12.1 Å². The molecule has 0 heterocycles. The van der Waals surface area contributed by atoms with Crippen LogP contribution in [0.1, 0.15) is 32.6 Å². The van der Waals surface area contributed by atoms with Crippen molar-refractivity contribution in [3.05, 3.63) is 0 Å². The highest BCUT2D eigenvalue weighted by atomic mass is 19.4. The number of aliphatic carboxylic acids is 1. The number of carbonyl (C=O) groups is 1. The zero-order valence-electron chi connectivity index (χ0n) is 10.9. The van der Waals surface area contributed by atoms with Gasteiger partial charge in [0.05, 0.1) is 0 Å². The molecule has 2 bridgehead atoms. The Hall–Kier alpha value is -0.780. The fraction of sp³-hybridized carbons (Fsp3) is 0.923. The molecule has 6 heteroatoms. The molecule has 2 aliphatic carbocycles. The van der Waals surface area contributed by atoms with Gasteiger partial charge in [-0.1, -0.05) is 6.42 Å². The molecule has 0 aromatic carbocycles. The second-order valence-electron chi connectivity index (χ2n) is 5.97. The smallest absolute Gasteiger partial charge is 0.403 e. The molecule has 0 aromatic heterocycles. The summed E-state index contributed by atoms with van der Waals surface area (Å²) in [5, 5.41) is 11.4. The highest BCUT2D eigenvalue weighted by Gasteiger charge is 2.46. The molecule has 2 N–H and O–H groups in total. The van der Waals surface area contributed by atoms with Crippen molar-refractivity contribution in [1.82, 2.24) is 5.32 Å². The number of alkyl halides is 3. The first-order valence-electron chi connectivity index (χ1n) is 6.82. The topological polar surface area (TPSA) is 49.3 Å². The van der Waals surface area contributed by atoms with Gasteiger partial charge in [-0.25, -0.2) is 0 Å². The van der Waals surface area contributed by atoms with Crippen molar-refractivity contribution in [2.24, 2.45) is 23.7 Å². The van der Waals surface area contributed by atoms with Crippen LogP contribution in [0, 0.1) is 23.7 Å². The number of nitrogens with one attached hydrogen (secondary N) is 1. The summed E-state index contributed by atoms with van der Waals surface area (Å²) in [5.74, 6) is -2.37. The summed E-state index contributed by atoms with van der Waals surface area (Å²) < 4.78 is 37.6. The average Bonchev–Trinajstić information content (AvgIpc) is 2.87. The van der Waals surface area contributed by atoms with E-state index in [-0.39, 0.29) is 6.04 Å². The van der Waals surface area contributed by atoms with Crippen molar-refractivity contribution in [2.45, 2.75) is 44.8 Å². The maximum atomic E-state index is 12.5. The molecule has 19 heavy (non-hydrogen) atoms. The molecule has 0 aliphatic heterocycles. The van der Waals surface area contributed by atoms with Crippen LogP contribution in [0.2, 0.25) is 0 Å². The Morgan fingerprint density at radius 1 is 1.37 bits per heavy atom. The second-order valence-corrected chi connectivity index (χ2v) is 5.97. The van der Waals surface area contributed by atoms with Crippen molar-refractivity contribution < 1.29 is 23.1 Å². The van der Waals surface area contributed by atoms with Crippen molar-refractivity contribution >= 4 is 5.97 Å². The number of hydrogen-bond donors (Lipinski definition) is 2. The molecule has 0 spiro atoms. The van der Waals surface area contributed by atoms with Crippen LogP contribution in [0.15, 0.2) is 0 Å². The summed E-state index contributed by atoms with van der Waals surface area (Å²) in [5.41, 5.74) is 0. The van der Waals surface area contributed by atoms with E-state index in [1.807, 2.05) is 6.92 Å². The standard InChI is InChI=1S/C13H20F3NO2/c1-7(10-5-8-2-3-9(10)4-8)17-6-11(12(18)19)13(14,15)16/h7-11,17H,2-6H2,1H3,(H,18,19). The molecule has 0 aromatic rings. The first-order valence-corrected chi connectivity index (χ1v) is 6.82. The Morgan fingerprint density at radius 2 is 2.05 bits per heavy atom. The van der Waals surface area contributed by atoms with E-state index < -0.39 is 24.6 Å². The molecule has 2 aliphatic rings. The molecule has 5 unspecified atom stereocenters. The molecule has 3 nitrogen and oxygen atoms in total. The Bertz CT molecular complexity index is 345. The van der Waals surface area contributed by atoms with E-state index in [1.54, 1.807) is 0 Å². The van der Waals surface area contributed by atoms with Crippen LogP contribution in [-0.2, 0) is 4.79 Å². The summed E-state index contributed by atoms with van der Waals surface area (Å²) in [6, 6.07) is -0.0421. The molecule has 0 amide bonds. The predicted molar refractivity (Wildman–Crippen MR) is 63.6 cm³/mol. The Kier molecular flexibility index (Phi) is 4.08. The molecule has 2 rings (SSSR count). The van der Waals surface area contributed by atoms with Gasteiger partial charge in [-0.2, -0.15) is 13.2 Å². The normalized spacial score (nSPS) is 33.4. The van der Waals surface area contributed by atoms with Crippen LogP contribution in [0.5, 0.6) is 0 Å². The lowest BCUT2D eigenvalue weighted by Gasteiger charge is -2.29. The lowest BCUT2D eigenvalue weighted by Crippen LogP contribution is -2.44. The second kappa shape index (κ2) is 5.31. The van der Waals surface area contributed by atoms with E-state index in [0.29, 0.717) is 11.8 Å². The predicted octanol–water partition coefficient (Wildman–Crippen LogP) is 2.66. The Labute approximate surface area is 110 Å². The number of fused-ring (bicyclic) bond motifs is 2. The number of hydrogen-bond acceptors (Lipinski definition) is 2. The van der Waals surface area contributed by atoms with E-state index in [9.17, 15) is 18.0 Å². The first-order chi connectivity index (χ1) is 8.79. The third kappa shape index (κ3) is 3.22. The third-order valence-electron chi connectivity index (χ3n) is 4.77. The molecular weight excluding hydrogens is 259 g/mol. The summed E-state index contributed by atoms with van der Waals surface area (Å²) in [4.78, 5) is 10.6. The number of rotatable bonds is 5. The highest BCUT2D eigenvalue weighted by Crippen LogP contribution is 2.49. The minimum atomic E-state index is -4.69. The minimum absolute atomic E-state index is 0.0421. The molecule has 110 valence electrons. The van der Waals surface area contributed by atoms with Crippen LogP contribution >= 0.6 is 0 Å². The SMILES string of the molecule is CC(NCC(C(=O)O)C(F)(F)F)C1CC2CCC1C2. The van der Waals surface area contributed by atoms with Crippen molar-refractivity contribution in [3.63, 3.8) is 0 Å². The lowest BCUT2D eigenvalue weighted by atomic mass is 9.84. The van der Waals surface area contributed by atoms with Gasteiger partial charge in [0.2, 0.25) is 0 Å².